The molecule has 1 aliphatic heterocycles. The molecular weight excluding hydrogens is 228 g/mol. The van der Waals surface area contributed by atoms with Gasteiger partial charge in [0, 0.05) is 18.6 Å². The van der Waals surface area contributed by atoms with Crippen molar-refractivity contribution in [3.8, 4) is 0 Å². The molecule has 2 rings (SSSR count). The molecule has 3 heteroatoms. The molecule has 0 radical (unpaired) electrons. The van der Waals surface area contributed by atoms with Gasteiger partial charge in [-0.25, -0.2) is 0 Å². The topological polar surface area (TPSA) is 38.7 Å². The lowest BCUT2D eigenvalue weighted by atomic mass is 10.0. The van der Waals surface area contributed by atoms with Gasteiger partial charge < -0.3 is 14.6 Å². The summed E-state index contributed by atoms with van der Waals surface area (Å²) in [6, 6.07) is 10.1. The fraction of sp³-hybridized carbons (Fsp3) is 0.600. The van der Waals surface area contributed by atoms with E-state index in [1.165, 1.54) is 0 Å². The summed E-state index contributed by atoms with van der Waals surface area (Å²) in [7, 11) is 0. The van der Waals surface area contributed by atoms with Crippen LogP contribution >= 0.6 is 0 Å². The van der Waals surface area contributed by atoms with Gasteiger partial charge in [0.25, 0.3) is 0 Å². The van der Waals surface area contributed by atoms with E-state index in [1.54, 1.807) is 0 Å². The zero-order valence-corrected chi connectivity index (χ0v) is 11.0. The standard InChI is InChI=1S/C15H22O3/c1-2-15(13-8-4-3-5-9-13)17-12-14(18-15)10-6-7-11-16/h3-5,8-9,14,16H,2,6-7,10-12H2,1H3/t14-,15+/m1/s1. The van der Waals surface area contributed by atoms with Crippen molar-refractivity contribution in [3.63, 3.8) is 0 Å². The van der Waals surface area contributed by atoms with Crippen LogP contribution in [0.25, 0.3) is 0 Å². The highest BCUT2D eigenvalue weighted by molar-refractivity contribution is 5.21. The normalized spacial score (nSPS) is 27.6. The van der Waals surface area contributed by atoms with Gasteiger partial charge >= 0.3 is 0 Å². The first-order chi connectivity index (χ1) is 8.80. The van der Waals surface area contributed by atoms with Crippen LogP contribution in [0.4, 0.5) is 0 Å². The Bertz CT molecular complexity index is 352. The smallest absolute Gasteiger partial charge is 0.195 e. The zero-order valence-electron chi connectivity index (χ0n) is 11.0. The molecule has 0 aliphatic carbocycles. The Kier molecular flexibility index (Phi) is 4.75. The summed E-state index contributed by atoms with van der Waals surface area (Å²) >= 11 is 0. The molecule has 1 aromatic carbocycles. The number of ether oxygens (including phenoxy) is 2. The molecule has 2 atom stereocenters. The lowest BCUT2D eigenvalue weighted by Crippen LogP contribution is -2.27. The van der Waals surface area contributed by atoms with E-state index in [1.807, 2.05) is 18.2 Å². The van der Waals surface area contributed by atoms with Crippen LogP contribution in [0.15, 0.2) is 30.3 Å². The summed E-state index contributed by atoms with van der Waals surface area (Å²) in [4.78, 5) is 0. The van der Waals surface area contributed by atoms with Gasteiger partial charge in [0.1, 0.15) is 0 Å². The fourth-order valence-electron chi connectivity index (χ4n) is 2.42. The largest absolute Gasteiger partial charge is 0.396 e. The van der Waals surface area contributed by atoms with Crippen molar-refractivity contribution in [3.05, 3.63) is 35.9 Å². The van der Waals surface area contributed by atoms with Crippen LogP contribution in [0, 0.1) is 0 Å². The van der Waals surface area contributed by atoms with E-state index >= 15 is 0 Å². The molecule has 3 nitrogen and oxygen atoms in total. The Morgan fingerprint density at radius 1 is 1.28 bits per heavy atom. The van der Waals surface area contributed by atoms with E-state index in [9.17, 15) is 0 Å². The molecule has 0 aromatic heterocycles. The van der Waals surface area contributed by atoms with Gasteiger partial charge in [0.2, 0.25) is 0 Å². The minimum absolute atomic E-state index is 0.150. The number of aliphatic hydroxyl groups is 1. The third-order valence-corrected chi connectivity index (χ3v) is 3.47. The van der Waals surface area contributed by atoms with Gasteiger partial charge in [-0.1, -0.05) is 37.3 Å². The minimum atomic E-state index is -0.564. The molecule has 1 aliphatic rings. The van der Waals surface area contributed by atoms with Gasteiger partial charge in [-0.15, -0.1) is 0 Å². The van der Waals surface area contributed by atoms with E-state index in [4.69, 9.17) is 14.6 Å². The molecule has 100 valence electrons. The maximum Gasteiger partial charge on any atom is 0.195 e. The van der Waals surface area contributed by atoms with Crippen LogP contribution in [0.5, 0.6) is 0 Å². The molecule has 1 aromatic rings. The summed E-state index contributed by atoms with van der Waals surface area (Å²) in [6.07, 6.45) is 3.74. The Morgan fingerprint density at radius 2 is 2.06 bits per heavy atom. The number of unbranched alkanes of at least 4 members (excludes halogenated alkanes) is 1. The molecule has 1 N–H and O–H groups in total. The first-order valence-corrected chi connectivity index (χ1v) is 6.79. The summed E-state index contributed by atoms with van der Waals surface area (Å²) in [5.41, 5.74) is 1.09. The van der Waals surface area contributed by atoms with E-state index in [2.05, 4.69) is 19.1 Å². The van der Waals surface area contributed by atoms with Gasteiger partial charge in [-0.3, -0.25) is 0 Å². The summed E-state index contributed by atoms with van der Waals surface area (Å²) in [6.45, 7) is 2.99. The number of hydrogen-bond acceptors (Lipinski definition) is 3. The molecular formula is C15H22O3. The zero-order chi connectivity index (χ0) is 12.8. The van der Waals surface area contributed by atoms with Gasteiger partial charge in [-0.2, -0.15) is 0 Å². The predicted octanol–water partition coefficient (Wildman–Crippen LogP) is 2.83. The summed E-state index contributed by atoms with van der Waals surface area (Å²) < 4.78 is 12.1. The second-order valence-corrected chi connectivity index (χ2v) is 4.74. The highest BCUT2D eigenvalue weighted by Crippen LogP contribution is 2.38. The maximum atomic E-state index is 8.79. The molecule has 0 saturated carbocycles. The lowest BCUT2D eigenvalue weighted by Gasteiger charge is -2.27. The van der Waals surface area contributed by atoms with Crippen molar-refractivity contribution in [1.29, 1.82) is 0 Å². The van der Waals surface area contributed by atoms with Crippen LogP contribution < -0.4 is 0 Å². The van der Waals surface area contributed by atoms with Crippen molar-refractivity contribution >= 4 is 0 Å². The minimum Gasteiger partial charge on any atom is -0.396 e. The van der Waals surface area contributed by atoms with Crippen molar-refractivity contribution in [2.24, 2.45) is 0 Å². The SMILES string of the molecule is CC[C@]1(c2ccccc2)OC[C@@H](CCCCO)O1. The van der Waals surface area contributed by atoms with E-state index in [-0.39, 0.29) is 12.7 Å². The van der Waals surface area contributed by atoms with Crippen LogP contribution in [0.2, 0.25) is 0 Å². The maximum absolute atomic E-state index is 8.79. The molecule has 0 amide bonds. The molecule has 1 fully saturated rings. The van der Waals surface area contributed by atoms with E-state index in [0.717, 1.165) is 31.2 Å². The number of benzene rings is 1. The van der Waals surface area contributed by atoms with Gasteiger partial charge in [0.15, 0.2) is 5.79 Å². The summed E-state index contributed by atoms with van der Waals surface area (Å²) in [5, 5.41) is 8.79. The molecule has 1 heterocycles. The molecule has 0 unspecified atom stereocenters. The van der Waals surface area contributed by atoms with Crippen LogP contribution in [-0.2, 0) is 15.3 Å². The van der Waals surface area contributed by atoms with Crippen LogP contribution in [0.3, 0.4) is 0 Å². The van der Waals surface area contributed by atoms with Crippen molar-refractivity contribution in [2.75, 3.05) is 13.2 Å². The van der Waals surface area contributed by atoms with Gasteiger partial charge in [0.05, 0.1) is 12.7 Å². The second-order valence-electron chi connectivity index (χ2n) is 4.74. The van der Waals surface area contributed by atoms with Crippen molar-refractivity contribution in [1.82, 2.24) is 0 Å². The lowest BCUT2D eigenvalue weighted by molar-refractivity contribution is -0.179. The Labute approximate surface area is 109 Å². The quantitative estimate of drug-likeness (QED) is 0.789. The third kappa shape index (κ3) is 2.91. The van der Waals surface area contributed by atoms with Crippen molar-refractivity contribution in [2.45, 2.75) is 44.5 Å². The molecule has 0 bridgehead atoms. The first kappa shape index (κ1) is 13.5. The third-order valence-electron chi connectivity index (χ3n) is 3.47. The van der Waals surface area contributed by atoms with Crippen molar-refractivity contribution < 1.29 is 14.6 Å². The number of rotatable bonds is 6. The number of aliphatic hydroxyl groups excluding tert-OH is 1. The van der Waals surface area contributed by atoms with E-state index in [0.29, 0.717) is 6.61 Å². The molecule has 1 saturated heterocycles. The molecule has 18 heavy (non-hydrogen) atoms. The Balaban J connectivity index is 1.99. The highest BCUT2D eigenvalue weighted by atomic mass is 16.7. The average Bonchev–Trinajstić information content (AvgIpc) is 2.85. The fourth-order valence-corrected chi connectivity index (χ4v) is 2.42. The Hall–Kier alpha value is -0.900. The highest BCUT2D eigenvalue weighted by Gasteiger charge is 2.41. The van der Waals surface area contributed by atoms with Gasteiger partial charge in [-0.05, 0) is 19.3 Å². The predicted molar refractivity (Wildman–Crippen MR) is 70.2 cm³/mol. The van der Waals surface area contributed by atoms with E-state index < -0.39 is 5.79 Å². The monoisotopic (exact) mass is 250 g/mol. The Morgan fingerprint density at radius 3 is 2.72 bits per heavy atom. The van der Waals surface area contributed by atoms with Crippen LogP contribution in [0.1, 0.15) is 38.2 Å². The van der Waals surface area contributed by atoms with Crippen LogP contribution in [-0.4, -0.2) is 24.4 Å². The molecule has 0 spiro atoms. The number of hydrogen-bond donors (Lipinski definition) is 1. The second kappa shape index (κ2) is 6.32. The first-order valence-electron chi connectivity index (χ1n) is 6.79. The summed E-state index contributed by atoms with van der Waals surface area (Å²) in [5.74, 6) is -0.564. The average molecular weight is 250 g/mol.